The summed E-state index contributed by atoms with van der Waals surface area (Å²) in [7, 11) is 0. The van der Waals surface area contributed by atoms with Crippen LogP contribution >= 0.6 is 0 Å². The molecule has 1 fully saturated rings. The van der Waals surface area contributed by atoms with Gasteiger partial charge in [-0.2, -0.15) is 0 Å². The minimum Gasteiger partial charge on any atom is -0.409 e. The Hall–Kier alpha value is -2.04. The van der Waals surface area contributed by atoms with Crippen molar-refractivity contribution in [3.05, 3.63) is 34.4 Å². The number of nitrogens with two attached hydrogens (primary N) is 1. The maximum absolute atomic E-state index is 12.7. The molecule has 1 aliphatic heterocycles. The molecular formula is C16H23N3O2. The van der Waals surface area contributed by atoms with Crippen molar-refractivity contribution in [2.75, 3.05) is 13.1 Å². The number of rotatable bonds is 2. The summed E-state index contributed by atoms with van der Waals surface area (Å²) in [6.45, 7) is 7.29. The summed E-state index contributed by atoms with van der Waals surface area (Å²) < 4.78 is 0. The van der Waals surface area contributed by atoms with E-state index in [1.165, 1.54) is 5.56 Å². The van der Waals surface area contributed by atoms with Gasteiger partial charge in [0.1, 0.15) is 5.84 Å². The van der Waals surface area contributed by atoms with E-state index in [-0.39, 0.29) is 17.7 Å². The van der Waals surface area contributed by atoms with E-state index in [0.717, 1.165) is 29.5 Å². The van der Waals surface area contributed by atoms with Crippen LogP contribution in [0.3, 0.4) is 0 Å². The van der Waals surface area contributed by atoms with Crippen LogP contribution in [0.4, 0.5) is 0 Å². The van der Waals surface area contributed by atoms with Crippen molar-refractivity contribution in [2.45, 2.75) is 33.6 Å². The third-order valence-corrected chi connectivity index (χ3v) is 4.21. The van der Waals surface area contributed by atoms with Crippen molar-refractivity contribution >= 4 is 11.7 Å². The van der Waals surface area contributed by atoms with Crippen molar-refractivity contribution in [2.24, 2.45) is 16.8 Å². The number of carbonyl (C=O) groups is 1. The van der Waals surface area contributed by atoms with Gasteiger partial charge in [0.15, 0.2) is 0 Å². The van der Waals surface area contributed by atoms with Crippen LogP contribution in [-0.2, 0) is 0 Å². The topological polar surface area (TPSA) is 78.9 Å². The number of benzene rings is 1. The predicted octanol–water partition coefficient (Wildman–Crippen LogP) is 2.21. The molecule has 1 aromatic rings. The van der Waals surface area contributed by atoms with Gasteiger partial charge in [-0.15, -0.1) is 0 Å². The van der Waals surface area contributed by atoms with Gasteiger partial charge < -0.3 is 15.8 Å². The van der Waals surface area contributed by atoms with Crippen LogP contribution in [0.1, 0.15) is 39.9 Å². The van der Waals surface area contributed by atoms with Gasteiger partial charge >= 0.3 is 0 Å². The summed E-state index contributed by atoms with van der Waals surface area (Å²) in [6, 6.07) is 4.09. The molecule has 1 heterocycles. The first kappa shape index (κ1) is 15.4. The molecule has 1 amide bonds. The van der Waals surface area contributed by atoms with E-state index in [1.807, 2.05) is 37.8 Å². The molecule has 0 saturated carbocycles. The van der Waals surface area contributed by atoms with E-state index in [2.05, 4.69) is 5.16 Å². The first-order valence-corrected chi connectivity index (χ1v) is 7.28. The molecule has 1 aliphatic rings. The molecule has 5 heteroatoms. The summed E-state index contributed by atoms with van der Waals surface area (Å²) in [5.41, 5.74) is 9.67. The lowest BCUT2D eigenvalue weighted by Gasteiger charge is -2.32. The number of piperidine rings is 1. The van der Waals surface area contributed by atoms with E-state index >= 15 is 0 Å². The summed E-state index contributed by atoms with van der Waals surface area (Å²) >= 11 is 0. The minimum absolute atomic E-state index is 0.0688. The predicted molar refractivity (Wildman–Crippen MR) is 82.7 cm³/mol. The second-order valence-corrected chi connectivity index (χ2v) is 5.87. The minimum atomic E-state index is 0.0688. The van der Waals surface area contributed by atoms with Crippen LogP contribution in [-0.4, -0.2) is 34.9 Å². The molecule has 0 unspecified atom stereocenters. The SMILES string of the molecule is Cc1cc(C)c(C(=O)N2CCC(C(N)=NO)CC2)c(C)c1. The fraction of sp³-hybridized carbons (Fsp3) is 0.500. The number of oxime groups is 1. The Morgan fingerprint density at radius 1 is 1.24 bits per heavy atom. The lowest BCUT2D eigenvalue weighted by molar-refractivity contribution is 0.0707. The molecule has 0 spiro atoms. The number of aryl methyl sites for hydroxylation is 3. The highest BCUT2D eigenvalue weighted by molar-refractivity contribution is 5.97. The Labute approximate surface area is 125 Å². The fourth-order valence-electron chi connectivity index (χ4n) is 3.14. The van der Waals surface area contributed by atoms with Crippen molar-refractivity contribution in [3.8, 4) is 0 Å². The van der Waals surface area contributed by atoms with Gasteiger partial charge in [-0.25, -0.2) is 0 Å². The highest BCUT2D eigenvalue weighted by atomic mass is 16.4. The zero-order chi connectivity index (χ0) is 15.6. The number of amidine groups is 1. The van der Waals surface area contributed by atoms with E-state index < -0.39 is 0 Å². The third kappa shape index (κ3) is 3.17. The Morgan fingerprint density at radius 3 is 2.24 bits per heavy atom. The Morgan fingerprint density at radius 2 is 1.76 bits per heavy atom. The first-order chi connectivity index (χ1) is 9.93. The third-order valence-electron chi connectivity index (χ3n) is 4.21. The number of hydrogen-bond donors (Lipinski definition) is 2. The van der Waals surface area contributed by atoms with Crippen LogP contribution in [0.25, 0.3) is 0 Å². The second-order valence-electron chi connectivity index (χ2n) is 5.87. The maximum atomic E-state index is 12.7. The van der Waals surface area contributed by atoms with Crippen LogP contribution in [0, 0.1) is 26.7 Å². The fourth-order valence-corrected chi connectivity index (χ4v) is 3.14. The molecule has 0 aromatic heterocycles. The van der Waals surface area contributed by atoms with Gasteiger partial charge in [0.2, 0.25) is 0 Å². The van der Waals surface area contributed by atoms with Gasteiger partial charge in [-0.05, 0) is 44.7 Å². The molecule has 1 aromatic carbocycles. The summed E-state index contributed by atoms with van der Waals surface area (Å²) in [4.78, 5) is 14.6. The van der Waals surface area contributed by atoms with Crippen molar-refractivity contribution in [1.82, 2.24) is 4.90 Å². The lowest BCUT2D eigenvalue weighted by Crippen LogP contribution is -2.42. The van der Waals surface area contributed by atoms with Crippen LogP contribution in [0.2, 0.25) is 0 Å². The van der Waals surface area contributed by atoms with Gasteiger partial charge in [0.05, 0.1) is 0 Å². The Kier molecular flexibility index (Phi) is 4.50. The van der Waals surface area contributed by atoms with Gasteiger partial charge in [0.25, 0.3) is 5.91 Å². The van der Waals surface area contributed by atoms with E-state index in [1.54, 1.807) is 0 Å². The monoisotopic (exact) mass is 289 g/mol. The van der Waals surface area contributed by atoms with Crippen molar-refractivity contribution in [1.29, 1.82) is 0 Å². The van der Waals surface area contributed by atoms with Crippen LogP contribution in [0.15, 0.2) is 17.3 Å². The normalized spacial score (nSPS) is 17.1. The van der Waals surface area contributed by atoms with E-state index in [9.17, 15) is 4.79 Å². The number of likely N-dealkylation sites (tertiary alicyclic amines) is 1. The van der Waals surface area contributed by atoms with E-state index in [4.69, 9.17) is 10.9 Å². The largest absolute Gasteiger partial charge is 0.409 e. The molecule has 2 rings (SSSR count). The number of amides is 1. The molecule has 0 aliphatic carbocycles. The van der Waals surface area contributed by atoms with Crippen molar-refractivity contribution < 1.29 is 10.0 Å². The molecule has 1 saturated heterocycles. The average molecular weight is 289 g/mol. The Balaban J connectivity index is 2.13. The number of carbonyl (C=O) groups excluding carboxylic acids is 1. The first-order valence-electron chi connectivity index (χ1n) is 7.28. The van der Waals surface area contributed by atoms with E-state index in [0.29, 0.717) is 13.1 Å². The summed E-state index contributed by atoms with van der Waals surface area (Å²) in [5, 5.41) is 11.8. The lowest BCUT2D eigenvalue weighted by atomic mass is 9.93. The quantitative estimate of drug-likeness (QED) is 0.379. The highest BCUT2D eigenvalue weighted by Gasteiger charge is 2.27. The molecular weight excluding hydrogens is 266 g/mol. The molecule has 0 radical (unpaired) electrons. The summed E-state index contributed by atoms with van der Waals surface area (Å²) in [6.07, 6.45) is 1.48. The zero-order valence-electron chi connectivity index (χ0n) is 12.9. The maximum Gasteiger partial charge on any atom is 0.254 e. The highest BCUT2D eigenvalue weighted by Crippen LogP contribution is 2.23. The molecule has 114 valence electrons. The zero-order valence-corrected chi connectivity index (χ0v) is 12.9. The molecule has 21 heavy (non-hydrogen) atoms. The van der Waals surface area contributed by atoms with Crippen LogP contribution in [0.5, 0.6) is 0 Å². The summed E-state index contributed by atoms with van der Waals surface area (Å²) in [5.74, 6) is 0.423. The number of nitrogens with zero attached hydrogens (tertiary/aromatic N) is 2. The molecule has 3 N–H and O–H groups in total. The van der Waals surface area contributed by atoms with Gasteiger partial charge in [-0.1, -0.05) is 22.9 Å². The number of hydrogen-bond acceptors (Lipinski definition) is 3. The Bertz CT molecular complexity index is 550. The second kappa shape index (κ2) is 6.16. The standard InChI is InChI=1S/C16H23N3O2/c1-10-8-11(2)14(12(3)9-10)16(20)19-6-4-13(5-7-19)15(17)18-21/h8-9,13,21H,4-7H2,1-3H3,(H2,17,18). The molecule has 0 atom stereocenters. The van der Waals surface area contributed by atoms with Crippen LogP contribution < -0.4 is 5.73 Å². The smallest absolute Gasteiger partial charge is 0.254 e. The molecule has 0 bridgehead atoms. The van der Waals surface area contributed by atoms with Crippen molar-refractivity contribution in [3.63, 3.8) is 0 Å². The van der Waals surface area contributed by atoms with Gasteiger partial charge in [0, 0.05) is 24.6 Å². The van der Waals surface area contributed by atoms with Gasteiger partial charge in [-0.3, -0.25) is 4.79 Å². The average Bonchev–Trinajstić information content (AvgIpc) is 2.45. The molecule has 5 nitrogen and oxygen atoms in total.